The third-order valence-electron chi connectivity index (χ3n) is 5.41. The highest BCUT2D eigenvalue weighted by Crippen LogP contribution is 2.28. The highest BCUT2D eigenvalue weighted by Gasteiger charge is 2.27. The summed E-state index contributed by atoms with van der Waals surface area (Å²) >= 11 is 1.44. The SMILES string of the molecule is CCCn1c(=NC(=O)c2ccc(S(=O)(=O)N3CCCC3)cc2)sc2cccc(OCC)c21. The summed E-state index contributed by atoms with van der Waals surface area (Å²) in [4.78, 5) is 18.1. The molecular weight excluding hydrogens is 446 g/mol. The number of amides is 1. The molecule has 3 aromatic rings. The number of fused-ring (bicyclic) bond motifs is 1. The minimum atomic E-state index is -3.51. The van der Waals surface area contributed by atoms with Gasteiger partial charge in [0.05, 0.1) is 16.2 Å². The largest absolute Gasteiger partial charge is 0.492 e. The van der Waals surface area contributed by atoms with Gasteiger partial charge in [-0.25, -0.2) is 8.42 Å². The smallest absolute Gasteiger partial charge is 0.279 e. The van der Waals surface area contributed by atoms with E-state index in [9.17, 15) is 13.2 Å². The minimum Gasteiger partial charge on any atom is -0.492 e. The Morgan fingerprint density at radius 1 is 1.09 bits per heavy atom. The van der Waals surface area contributed by atoms with Gasteiger partial charge in [-0.2, -0.15) is 9.30 Å². The van der Waals surface area contributed by atoms with Crippen molar-refractivity contribution in [2.24, 2.45) is 4.99 Å². The van der Waals surface area contributed by atoms with E-state index in [4.69, 9.17) is 4.74 Å². The molecule has 0 N–H and O–H groups in total. The average Bonchev–Trinajstić information content (AvgIpc) is 3.44. The van der Waals surface area contributed by atoms with Gasteiger partial charge in [0.25, 0.3) is 5.91 Å². The van der Waals surface area contributed by atoms with E-state index in [0.717, 1.165) is 35.2 Å². The highest BCUT2D eigenvalue weighted by atomic mass is 32.2. The Morgan fingerprint density at radius 2 is 1.81 bits per heavy atom. The molecule has 9 heteroatoms. The molecule has 1 aliphatic heterocycles. The lowest BCUT2D eigenvalue weighted by Crippen LogP contribution is -2.27. The summed E-state index contributed by atoms with van der Waals surface area (Å²) in [5.74, 6) is 0.379. The number of aromatic nitrogens is 1. The van der Waals surface area contributed by atoms with Crippen molar-refractivity contribution in [1.82, 2.24) is 8.87 Å². The van der Waals surface area contributed by atoms with Gasteiger partial charge in [-0.1, -0.05) is 24.3 Å². The molecule has 32 heavy (non-hydrogen) atoms. The topological polar surface area (TPSA) is 81.0 Å². The first-order valence-corrected chi connectivity index (χ1v) is 13.2. The van der Waals surface area contributed by atoms with E-state index in [-0.39, 0.29) is 4.90 Å². The maximum atomic E-state index is 12.9. The number of rotatable bonds is 7. The molecule has 2 heterocycles. The molecule has 0 atom stereocenters. The van der Waals surface area contributed by atoms with Crippen LogP contribution in [0.25, 0.3) is 10.2 Å². The van der Waals surface area contributed by atoms with Gasteiger partial charge in [0.1, 0.15) is 11.3 Å². The van der Waals surface area contributed by atoms with E-state index in [1.165, 1.54) is 39.9 Å². The zero-order valence-corrected chi connectivity index (χ0v) is 19.9. The lowest BCUT2D eigenvalue weighted by Gasteiger charge is -2.15. The number of sulfonamides is 1. The third kappa shape index (κ3) is 4.37. The average molecular weight is 474 g/mol. The normalized spacial score (nSPS) is 15.5. The molecule has 1 saturated heterocycles. The number of nitrogens with zero attached hydrogens (tertiary/aromatic N) is 3. The highest BCUT2D eigenvalue weighted by molar-refractivity contribution is 7.89. The monoisotopic (exact) mass is 473 g/mol. The molecule has 1 aliphatic rings. The molecule has 0 spiro atoms. The second-order valence-electron chi connectivity index (χ2n) is 7.62. The van der Waals surface area contributed by atoms with Gasteiger partial charge < -0.3 is 9.30 Å². The van der Waals surface area contributed by atoms with E-state index in [0.29, 0.717) is 36.6 Å². The van der Waals surface area contributed by atoms with Crippen molar-refractivity contribution in [1.29, 1.82) is 0 Å². The first-order chi connectivity index (χ1) is 15.5. The van der Waals surface area contributed by atoms with Gasteiger partial charge in [-0.15, -0.1) is 0 Å². The van der Waals surface area contributed by atoms with E-state index in [1.807, 2.05) is 29.7 Å². The van der Waals surface area contributed by atoms with E-state index < -0.39 is 15.9 Å². The number of thiazole rings is 1. The van der Waals surface area contributed by atoms with Crippen molar-refractivity contribution in [2.45, 2.75) is 44.6 Å². The van der Waals surface area contributed by atoms with Crippen molar-refractivity contribution >= 4 is 37.5 Å². The number of benzene rings is 2. The van der Waals surface area contributed by atoms with Crippen LogP contribution in [-0.2, 0) is 16.6 Å². The molecular formula is C23H27N3O4S2. The Labute approximate surface area is 192 Å². The molecule has 1 amide bonds. The zero-order chi connectivity index (χ0) is 22.7. The molecule has 1 aromatic heterocycles. The Bertz CT molecular complexity index is 1290. The van der Waals surface area contributed by atoms with E-state index in [2.05, 4.69) is 11.9 Å². The standard InChI is InChI=1S/C23H27N3O4S2/c1-3-14-26-21-19(30-4-2)8-7-9-20(21)31-23(26)24-22(27)17-10-12-18(13-11-17)32(28,29)25-15-5-6-16-25/h7-13H,3-6,14-16H2,1-2H3. The molecule has 170 valence electrons. The predicted octanol–water partition coefficient (Wildman–Crippen LogP) is 4.04. The summed E-state index contributed by atoms with van der Waals surface area (Å²) in [7, 11) is -3.51. The molecule has 0 radical (unpaired) electrons. The van der Waals surface area contributed by atoms with Crippen LogP contribution in [0.5, 0.6) is 5.75 Å². The lowest BCUT2D eigenvalue weighted by atomic mass is 10.2. The molecule has 1 fully saturated rings. The second kappa shape index (κ2) is 9.56. The summed E-state index contributed by atoms with van der Waals surface area (Å²) in [5.41, 5.74) is 1.30. The van der Waals surface area contributed by atoms with Crippen LogP contribution in [0.1, 0.15) is 43.5 Å². The molecule has 7 nitrogen and oxygen atoms in total. The first-order valence-electron chi connectivity index (χ1n) is 10.9. The maximum absolute atomic E-state index is 12.9. The van der Waals surface area contributed by atoms with E-state index in [1.54, 1.807) is 0 Å². The fourth-order valence-electron chi connectivity index (χ4n) is 3.88. The van der Waals surface area contributed by atoms with Crippen molar-refractivity contribution in [2.75, 3.05) is 19.7 Å². The summed E-state index contributed by atoms with van der Waals surface area (Å²) in [5, 5.41) is 0. The minimum absolute atomic E-state index is 0.209. The number of hydrogen-bond donors (Lipinski definition) is 0. The van der Waals surface area contributed by atoms with Crippen LogP contribution in [0, 0.1) is 0 Å². The van der Waals surface area contributed by atoms with Gasteiger partial charge in [-0.3, -0.25) is 4.79 Å². The zero-order valence-electron chi connectivity index (χ0n) is 18.3. The first kappa shape index (κ1) is 22.7. The van der Waals surface area contributed by atoms with E-state index >= 15 is 0 Å². The number of para-hydroxylation sites is 1. The number of carbonyl (C=O) groups excluding carboxylic acids is 1. The molecule has 0 bridgehead atoms. The summed E-state index contributed by atoms with van der Waals surface area (Å²) in [6, 6.07) is 11.9. The van der Waals surface area contributed by atoms with Crippen LogP contribution in [0.3, 0.4) is 0 Å². The number of aryl methyl sites for hydroxylation is 1. The summed E-state index contributed by atoms with van der Waals surface area (Å²) < 4.78 is 35.7. The van der Waals surface area contributed by atoms with Crippen LogP contribution in [0.4, 0.5) is 0 Å². The third-order valence-corrected chi connectivity index (χ3v) is 8.37. The maximum Gasteiger partial charge on any atom is 0.279 e. The van der Waals surface area contributed by atoms with Crippen molar-refractivity contribution in [3.8, 4) is 5.75 Å². The Hall–Kier alpha value is -2.49. The summed E-state index contributed by atoms with van der Waals surface area (Å²) in [6.07, 6.45) is 2.65. The molecule has 2 aromatic carbocycles. The number of ether oxygens (including phenoxy) is 1. The van der Waals surface area contributed by atoms with Gasteiger partial charge in [0.2, 0.25) is 10.0 Å². The quantitative estimate of drug-likeness (QED) is 0.519. The molecule has 4 rings (SSSR count). The Kier molecular flexibility index (Phi) is 6.78. The van der Waals surface area contributed by atoms with Crippen LogP contribution in [0.15, 0.2) is 52.4 Å². The van der Waals surface area contributed by atoms with Crippen molar-refractivity contribution < 1.29 is 17.9 Å². The van der Waals surface area contributed by atoms with Crippen LogP contribution in [-0.4, -0.2) is 42.9 Å². The molecule has 0 unspecified atom stereocenters. The molecule has 0 aliphatic carbocycles. The lowest BCUT2D eigenvalue weighted by molar-refractivity contribution is 0.0997. The predicted molar refractivity (Wildman–Crippen MR) is 126 cm³/mol. The molecule has 0 saturated carbocycles. The summed E-state index contributed by atoms with van der Waals surface area (Å²) in [6.45, 7) is 6.38. The van der Waals surface area contributed by atoms with Crippen LogP contribution in [0.2, 0.25) is 0 Å². The Balaban J connectivity index is 1.69. The van der Waals surface area contributed by atoms with Gasteiger partial charge in [-0.05, 0) is 62.6 Å². The van der Waals surface area contributed by atoms with Crippen molar-refractivity contribution in [3.63, 3.8) is 0 Å². The fourth-order valence-corrected chi connectivity index (χ4v) is 6.47. The number of carbonyl (C=O) groups is 1. The second-order valence-corrected chi connectivity index (χ2v) is 10.6. The van der Waals surface area contributed by atoms with Crippen LogP contribution < -0.4 is 9.54 Å². The van der Waals surface area contributed by atoms with Gasteiger partial charge in [0, 0.05) is 25.2 Å². The Morgan fingerprint density at radius 3 is 2.47 bits per heavy atom. The van der Waals surface area contributed by atoms with Gasteiger partial charge in [0.15, 0.2) is 4.80 Å². The fraction of sp³-hybridized carbons (Fsp3) is 0.391. The van der Waals surface area contributed by atoms with Gasteiger partial charge >= 0.3 is 0 Å². The van der Waals surface area contributed by atoms with Crippen molar-refractivity contribution in [3.05, 3.63) is 52.8 Å². The number of hydrogen-bond acceptors (Lipinski definition) is 5. The van der Waals surface area contributed by atoms with Crippen LogP contribution >= 0.6 is 11.3 Å².